The number of ether oxygens (including phenoxy) is 1. The quantitative estimate of drug-likeness (QED) is 0.676. The normalized spacial score (nSPS) is 15.1. The van der Waals surface area contributed by atoms with Crippen LogP contribution in [-0.4, -0.2) is 35.9 Å². The molecule has 0 aliphatic carbocycles. The maximum atomic E-state index is 13.4. The van der Waals surface area contributed by atoms with Crippen LogP contribution in [0.4, 0.5) is 26.3 Å². The molecular weight excluding hydrogens is 322 g/mol. The van der Waals surface area contributed by atoms with Gasteiger partial charge < -0.3 is 14.6 Å². The Labute approximate surface area is 119 Å². The highest BCUT2D eigenvalue weighted by Gasteiger charge is 2.66. The Bertz CT molecular complexity index is 577. The average Bonchev–Trinajstić information content (AvgIpc) is 2.78. The summed E-state index contributed by atoms with van der Waals surface area (Å²) in [6, 6.07) is 1.82. The second-order valence-corrected chi connectivity index (χ2v) is 4.20. The number of carbonyl (C=O) groups is 2. The van der Waals surface area contributed by atoms with E-state index >= 15 is 0 Å². The first kappa shape index (κ1) is 17.9. The van der Waals surface area contributed by atoms with Crippen molar-refractivity contribution in [3.63, 3.8) is 0 Å². The molecule has 1 aromatic heterocycles. The number of hydrogen-bond acceptors (Lipinski definition) is 3. The van der Waals surface area contributed by atoms with E-state index in [0.717, 1.165) is 35.3 Å². The zero-order valence-corrected chi connectivity index (χ0v) is 11.2. The Balaban J connectivity index is 3.59. The molecule has 0 aliphatic heterocycles. The van der Waals surface area contributed by atoms with Crippen LogP contribution in [0, 0.1) is 0 Å². The van der Waals surface area contributed by atoms with Gasteiger partial charge in [0, 0.05) is 13.2 Å². The van der Waals surface area contributed by atoms with Crippen LogP contribution in [0.15, 0.2) is 18.3 Å². The number of esters is 1. The molecule has 22 heavy (non-hydrogen) atoms. The lowest BCUT2D eigenvalue weighted by atomic mass is 9.93. The van der Waals surface area contributed by atoms with E-state index < -0.39 is 35.5 Å². The van der Waals surface area contributed by atoms with Crippen LogP contribution in [0.5, 0.6) is 0 Å². The van der Waals surface area contributed by atoms with Gasteiger partial charge in [-0.15, -0.1) is 0 Å². The summed E-state index contributed by atoms with van der Waals surface area (Å²) >= 11 is 0. The van der Waals surface area contributed by atoms with Gasteiger partial charge in [-0.25, -0.2) is 4.79 Å². The smallest absolute Gasteiger partial charge is 0.467 e. The molecule has 0 saturated heterocycles. The van der Waals surface area contributed by atoms with Crippen molar-refractivity contribution in [2.24, 2.45) is 7.05 Å². The first-order valence-corrected chi connectivity index (χ1v) is 5.54. The van der Waals surface area contributed by atoms with Gasteiger partial charge in [0.2, 0.25) is 0 Å². The van der Waals surface area contributed by atoms with Gasteiger partial charge in [-0.2, -0.15) is 26.3 Å². The number of rotatable bonds is 3. The summed E-state index contributed by atoms with van der Waals surface area (Å²) in [5.74, 6) is -5.02. The molecule has 1 atom stereocenters. The van der Waals surface area contributed by atoms with Crippen molar-refractivity contribution in [3.8, 4) is 0 Å². The first-order chi connectivity index (χ1) is 9.88. The molecule has 0 saturated carbocycles. The van der Waals surface area contributed by atoms with E-state index in [1.807, 2.05) is 0 Å². The summed E-state index contributed by atoms with van der Waals surface area (Å²) in [7, 11) is 1.63. The van der Waals surface area contributed by atoms with Gasteiger partial charge >= 0.3 is 24.2 Å². The molecule has 11 heteroatoms. The van der Waals surface area contributed by atoms with Gasteiger partial charge in [0.05, 0.1) is 12.8 Å². The standard InChI is InChI=1S/C11H10F6N2O3/c1-19-5-3-4-6(19)9(8(21)22-2,11(15,16)17)18-7(20)10(12,13)14/h3-5H,1-2H3,(H,18,20)/t9-/m0/s1. The summed E-state index contributed by atoms with van der Waals surface area (Å²) in [6.07, 6.45) is -10.1. The third-order valence-electron chi connectivity index (χ3n) is 2.80. The molecule has 0 unspecified atom stereocenters. The zero-order valence-electron chi connectivity index (χ0n) is 11.2. The molecule has 124 valence electrons. The number of nitrogens with zero attached hydrogens (tertiary/aromatic N) is 1. The van der Waals surface area contributed by atoms with Crippen LogP contribution in [0.25, 0.3) is 0 Å². The largest absolute Gasteiger partial charge is 0.471 e. The van der Waals surface area contributed by atoms with Gasteiger partial charge in [-0.05, 0) is 12.1 Å². The predicted octanol–water partition coefficient (Wildman–Crippen LogP) is 1.63. The molecule has 1 amide bonds. The number of aromatic nitrogens is 1. The van der Waals surface area contributed by atoms with Gasteiger partial charge in [-0.3, -0.25) is 4.79 Å². The number of methoxy groups -OCH3 is 1. The predicted molar refractivity (Wildman–Crippen MR) is 59.4 cm³/mol. The molecule has 0 fully saturated rings. The van der Waals surface area contributed by atoms with E-state index in [1.165, 1.54) is 0 Å². The Hall–Kier alpha value is -2.20. The highest BCUT2D eigenvalue weighted by atomic mass is 19.4. The lowest BCUT2D eigenvalue weighted by molar-refractivity contribution is -0.223. The van der Waals surface area contributed by atoms with Crippen molar-refractivity contribution in [2.75, 3.05) is 7.11 Å². The molecule has 0 spiro atoms. The van der Waals surface area contributed by atoms with Crippen LogP contribution in [0.3, 0.4) is 0 Å². The summed E-state index contributed by atoms with van der Waals surface area (Å²) in [5, 5.41) is 0.720. The highest BCUT2D eigenvalue weighted by molar-refractivity contribution is 5.91. The van der Waals surface area contributed by atoms with Crippen molar-refractivity contribution in [1.82, 2.24) is 9.88 Å². The van der Waals surface area contributed by atoms with Crippen LogP contribution in [0.2, 0.25) is 0 Å². The minimum atomic E-state index is -5.62. The highest BCUT2D eigenvalue weighted by Crippen LogP contribution is 2.41. The summed E-state index contributed by atoms with van der Waals surface area (Å²) < 4.78 is 82.0. The summed E-state index contributed by atoms with van der Waals surface area (Å²) in [4.78, 5) is 22.7. The zero-order chi connectivity index (χ0) is 17.3. The van der Waals surface area contributed by atoms with E-state index in [1.54, 1.807) is 0 Å². The molecule has 0 radical (unpaired) electrons. The lowest BCUT2D eigenvalue weighted by Gasteiger charge is -2.34. The van der Waals surface area contributed by atoms with Crippen LogP contribution in [-0.2, 0) is 26.9 Å². The molecular formula is C11H10F6N2O3. The molecule has 0 aliphatic rings. The maximum absolute atomic E-state index is 13.4. The molecule has 1 heterocycles. The number of alkyl halides is 6. The summed E-state index contributed by atoms with van der Waals surface area (Å²) in [5.41, 5.74) is -4.91. The minimum Gasteiger partial charge on any atom is -0.467 e. The maximum Gasteiger partial charge on any atom is 0.471 e. The molecule has 1 rings (SSSR count). The Morgan fingerprint density at radius 1 is 1.18 bits per heavy atom. The fourth-order valence-electron chi connectivity index (χ4n) is 1.80. The van der Waals surface area contributed by atoms with Crippen molar-refractivity contribution < 1.29 is 40.7 Å². The Morgan fingerprint density at radius 3 is 2.05 bits per heavy atom. The van der Waals surface area contributed by atoms with E-state index in [-0.39, 0.29) is 0 Å². The Kier molecular flexibility index (Phi) is 4.49. The fourth-order valence-corrected chi connectivity index (χ4v) is 1.80. The molecule has 1 N–H and O–H groups in total. The van der Waals surface area contributed by atoms with Gasteiger partial charge in [0.25, 0.3) is 5.54 Å². The second-order valence-electron chi connectivity index (χ2n) is 4.20. The molecule has 1 aromatic rings. The number of aryl methyl sites for hydroxylation is 1. The molecule has 0 aromatic carbocycles. The third kappa shape index (κ3) is 2.88. The number of halogens is 6. The first-order valence-electron chi connectivity index (χ1n) is 5.54. The van der Waals surface area contributed by atoms with Crippen molar-refractivity contribution in [2.45, 2.75) is 17.9 Å². The van der Waals surface area contributed by atoms with E-state index in [4.69, 9.17) is 0 Å². The van der Waals surface area contributed by atoms with Crippen molar-refractivity contribution >= 4 is 11.9 Å². The summed E-state index contributed by atoms with van der Waals surface area (Å²) in [6.45, 7) is 0. The van der Waals surface area contributed by atoms with Crippen LogP contribution in [0.1, 0.15) is 5.69 Å². The van der Waals surface area contributed by atoms with Crippen LogP contribution >= 0.6 is 0 Å². The van der Waals surface area contributed by atoms with E-state index in [9.17, 15) is 35.9 Å². The van der Waals surface area contributed by atoms with Crippen LogP contribution < -0.4 is 5.32 Å². The molecule has 5 nitrogen and oxygen atoms in total. The number of nitrogens with one attached hydrogen (secondary N) is 1. The van der Waals surface area contributed by atoms with Crippen molar-refractivity contribution in [3.05, 3.63) is 24.0 Å². The minimum absolute atomic E-state index is 0.561. The number of hydrogen-bond donors (Lipinski definition) is 1. The second kappa shape index (κ2) is 5.54. The SMILES string of the molecule is COC(=O)[C@@](NC(=O)C(F)(F)F)(c1cccn1C)C(F)(F)F. The molecule has 0 bridgehead atoms. The number of carbonyl (C=O) groups excluding carboxylic acids is 2. The Morgan fingerprint density at radius 2 is 1.73 bits per heavy atom. The van der Waals surface area contributed by atoms with Gasteiger partial charge in [0.1, 0.15) is 0 Å². The third-order valence-corrected chi connectivity index (χ3v) is 2.80. The van der Waals surface area contributed by atoms with Gasteiger partial charge in [0.15, 0.2) is 0 Å². The fraction of sp³-hybridized carbons (Fsp3) is 0.455. The van der Waals surface area contributed by atoms with Gasteiger partial charge in [-0.1, -0.05) is 0 Å². The van der Waals surface area contributed by atoms with Crippen molar-refractivity contribution in [1.29, 1.82) is 0 Å². The average molecular weight is 332 g/mol. The monoisotopic (exact) mass is 332 g/mol. The lowest BCUT2D eigenvalue weighted by Crippen LogP contribution is -2.64. The number of amides is 1. The van der Waals surface area contributed by atoms with E-state index in [0.29, 0.717) is 7.11 Å². The van der Waals surface area contributed by atoms with E-state index in [2.05, 4.69) is 4.74 Å². The topological polar surface area (TPSA) is 60.3 Å².